The molecular formula is C16H23NO4. The molecular weight excluding hydrogens is 270 g/mol. The second kappa shape index (κ2) is 7.67. The molecule has 0 aliphatic carbocycles. The van der Waals surface area contributed by atoms with Gasteiger partial charge in [-0.05, 0) is 31.2 Å². The van der Waals surface area contributed by atoms with Crippen molar-refractivity contribution in [3.8, 4) is 5.75 Å². The highest BCUT2D eigenvalue weighted by Gasteiger charge is 2.23. The molecule has 0 spiro atoms. The molecule has 0 aromatic heterocycles. The average Bonchev–Trinajstić information content (AvgIpc) is 2.45. The highest BCUT2D eigenvalue weighted by atomic mass is 16.5. The number of aliphatic carboxylic acids is 1. The van der Waals surface area contributed by atoms with E-state index in [0.717, 1.165) is 5.75 Å². The molecule has 0 radical (unpaired) electrons. The molecule has 0 fully saturated rings. The third kappa shape index (κ3) is 4.77. The molecule has 21 heavy (non-hydrogen) atoms. The summed E-state index contributed by atoms with van der Waals surface area (Å²) in [7, 11) is 0. The van der Waals surface area contributed by atoms with Crippen molar-refractivity contribution in [1.29, 1.82) is 0 Å². The van der Waals surface area contributed by atoms with Crippen molar-refractivity contribution in [2.45, 2.75) is 27.7 Å². The molecule has 0 bridgehead atoms. The van der Waals surface area contributed by atoms with Gasteiger partial charge in [-0.2, -0.15) is 0 Å². The van der Waals surface area contributed by atoms with Gasteiger partial charge in [-0.3, -0.25) is 9.59 Å². The summed E-state index contributed by atoms with van der Waals surface area (Å²) in [4.78, 5) is 24.9. The van der Waals surface area contributed by atoms with Crippen LogP contribution in [0.4, 0.5) is 5.69 Å². The van der Waals surface area contributed by atoms with Gasteiger partial charge in [0.05, 0.1) is 12.5 Å². The predicted octanol–water partition coefficient (Wildman–Crippen LogP) is 2.80. The lowest BCUT2D eigenvalue weighted by molar-refractivity contribution is -0.140. The molecule has 1 N–H and O–H groups in total. The summed E-state index contributed by atoms with van der Waals surface area (Å²) in [5.74, 6) is -1.10. The Morgan fingerprint density at radius 3 is 2.19 bits per heavy atom. The Morgan fingerprint density at radius 1 is 1.19 bits per heavy atom. The van der Waals surface area contributed by atoms with Crippen molar-refractivity contribution >= 4 is 17.6 Å². The number of carbonyl (C=O) groups is 2. The van der Waals surface area contributed by atoms with Gasteiger partial charge in [0, 0.05) is 18.2 Å². The molecule has 1 rings (SSSR count). The Bertz CT molecular complexity index is 482. The van der Waals surface area contributed by atoms with Crippen LogP contribution in [0.5, 0.6) is 5.75 Å². The van der Waals surface area contributed by atoms with Crippen LogP contribution in [0, 0.1) is 11.8 Å². The lowest BCUT2D eigenvalue weighted by Gasteiger charge is -2.26. The standard InChI is InChI=1S/C16H23NO4/c1-5-21-14-8-6-13(7-9-14)17(15(18)11(2)3)10-12(4)16(19)20/h6-9,11-12H,5,10H2,1-4H3,(H,19,20). The molecule has 5 nitrogen and oxygen atoms in total. The maximum atomic E-state index is 12.3. The zero-order valence-corrected chi connectivity index (χ0v) is 13.0. The van der Waals surface area contributed by atoms with Crippen LogP contribution < -0.4 is 9.64 Å². The summed E-state index contributed by atoms with van der Waals surface area (Å²) in [5, 5.41) is 9.05. The van der Waals surface area contributed by atoms with Crippen LogP contribution >= 0.6 is 0 Å². The molecule has 0 saturated carbocycles. The number of carbonyl (C=O) groups excluding carboxylic acids is 1. The van der Waals surface area contributed by atoms with Gasteiger partial charge in [0.25, 0.3) is 0 Å². The zero-order chi connectivity index (χ0) is 16.0. The molecule has 0 saturated heterocycles. The summed E-state index contributed by atoms with van der Waals surface area (Å²) in [5.41, 5.74) is 0.685. The predicted molar refractivity (Wildman–Crippen MR) is 81.6 cm³/mol. The Hall–Kier alpha value is -2.04. The fraction of sp³-hybridized carbons (Fsp3) is 0.500. The molecule has 116 valence electrons. The van der Waals surface area contributed by atoms with Crippen molar-refractivity contribution in [3.05, 3.63) is 24.3 Å². The van der Waals surface area contributed by atoms with Gasteiger partial charge in [0.1, 0.15) is 5.75 Å². The smallest absolute Gasteiger partial charge is 0.308 e. The van der Waals surface area contributed by atoms with Gasteiger partial charge >= 0.3 is 5.97 Å². The van der Waals surface area contributed by atoms with Crippen molar-refractivity contribution < 1.29 is 19.4 Å². The van der Waals surface area contributed by atoms with Crippen LogP contribution in [0.3, 0.4) is 0 Å². The Morgan fingerprint density at radius 2 is 1.76 bits per heavy atom. The minimum Gasteiger partial charge on any atom is -0.494 e. The van der Waals surface area contributed by atoms with Gasteiger partial charge in [0.2, 0.25) is 5.91 Å². The number of carboxylic acids is 1. The van der Waals surface area contributed by atoms with Crippen molar-refractivity contribution in [1.82, 2.24) is 0 Å². The van der Waals surface area contributed by atoms with E-state index in [9.17, 15) is 9.59 Å². The first-order valence-electron chi connectivity index (χ1n) is 7.13. The molecule has 1 atom stereocenters. The monoisotopic (exact) mass is 293 g/mol. The summed E-state index contributed by atoms with van der Waals surface area (Å²) in [6.45, 7) is 7.82. The lowest BCUT2D eigenvalue weighted by Crippen LogP contribution is -2.39. The fourth-order valence-corrected chi connectivity index (χ4v) is 1.88. The maximum absolute atomic E-state index is 12.3. The number of nitrogens with zero attached hydrogens (tertiary/aromatic N) is 1. The van der Waals surface area contributed by atoms with Crippen LogP contribution in [-0.4, -0.2) is 30.1 Å². The van der Waals surface area contributed by atoms with Crippen LogP contribution in [0.15, 0.2) is 24.3 Å². The minimum absolute atomic E-state index is 0.0905. The molecule has 5 heteroatoms. The van der Waals surface area contributed by atoms with Crippen LogP contribution in [0.25, 0.3) is 0 Å². The molecule has 0 heterocycles. The Labute approximate surface area is 125 Å². The number of ether oxygens (including phenoxy) is 1. The Balaban J connectivity index is 2.99. The van der Waals surface area contributed by atoms with E-state index in [-0.39, 0.29) is 18.4 Å². The summed E-state index contributed by atoms with van der Waals surface area (Å²) >= 11 is 0. The van der Waals surface area contributed by atoms with E-state index >= 15 is 0 Å². The van der Waals surface area contributed by atoms with Gasteiger partial charge in [0.15, 0.2) is 0 Å². The zero-order valence-electron chi connectivity index (χ0n) is 13.0. The van der Waals surface area contributed by atoms with Crippen molar-refractivity contribution in [2.75, 3.05) is 18.1 Å². The van der Waals surface area contributed by atoms with Crippen molar-refractivity contribution in [3.63, 3.8) is 0 Å². The van der Waals surface area contributed by atoms with Crippen LogP contribution in [-0.2, 0) is 9.59 Å². The van der Waals surface area contributed by atoms with Crippen LogP contribution in [0.1, 0.15) is 27.7 Å². The number of amides is 1. The van der Waals surface area contributed by atoms with Gasteiger partial charge in [-0.1, -0.05) is 20.8 Å². The SMILES string of the molecule is CCOc1ccc(N(CC(C)C(=O)O)C(=O)C(C)C)cc1. The first-order valence-corrected chi connectivity index (χ1v) is 7.13. The molecule has 1 unspecified atom stereocenters. The molecule has 1 aromatic carbocycles. The summed E-state index contributed by atoms with van der Waals surface area (Å²) in [6, 6.07) is 7.12. The van der Waals surface area contributed by atoms with E-state index in [2.05, 4.69) is 0 Å². The third-order valence-corrected chi connectivity index (χ3v) is 3.10. The highest BCUT2D eigenvalue weighted by molar-refractivity contribution is 5.95. The fourth-order valence-electron chi connectivity index (χ4n) is 1.88. The van der Waals surface area contributed by atoms with Crippen LogP contribution in [0.2, 0.25) is 0 Å². The average molecular weight is 293 g/mol. The first kappa shape index (κ1) is 17.0. The van der Waals surface area contributed by atoms with Gasteiger partial charge in [-0.15, -0.1) is 0 Å². The maximum Gasteiger partial charge on any atom is 0.308 e. The van der Waals surface area contributed by atoms with Gasteiger partial charge in [-0.25, -0.2) is 0 Å². The van der Waals surface area contributed by atoms with E-state index in [4.69, 9.17) is 9.84 Å². The molecule has 1 amide bonds. The quantitative estimate of drug-likeness (QED) is 0.839. The first-order chi connectivity index (χ1) is 9.86. The van der Waals surface area contributed by atoms with Gasteiger partial charge < -0.3 is 14.7 Å². The summed E-state index contributed by atoms with van der Waals surface area (Å²) < 4.78 is 5.37. The van der Waals surface area contributed by atoms with E-state index < -0.39 is 11.9 Å². The highest BCUT2D eigenvalue weighted by Crippen LogP contribution is 2.22. The minimum atomic E-state index is -0.914. The second-order valence-electron chi connectivity index (χ2n) is 5.27. The van der Waals surface area contributed by atoms with E-state index in [1.54, 1.807) is 45.0 Å². The number of hydrogen-bond acceptors (Lipinski definition) is 3. The third-order valence-electron chi connectivity index (χ3n) is 3.10. The Kier molecular flexibility index (Phi) is 6.21. The second-order valence-corrected chi connectivity index (χ2v) is 5.27. The van der Waals surface area contributed by atoms with E-state index in [0.29, 0.717) is 12.3 Å². The molecule has 0 aliphatic heterocycles. The topological polar surface area (TPSA) is 66.8 Å². The molecule has 1 aromatic rings. The lowest BCUT2D eigenvalue weighted by atomic mass is 10.1. The van der Waals surface area contributed by atoms with E-state index in [1.807, 2.05) is 6.92 Å². The number of hydrogen-bond donors (Lipinski definition) is 1. The number of rotatable bonds is 7. The number of benzene rings is 1. The number of anilines is 1. The normalized spacial score (nSPS) is 12.0. The molecule has 0 aliphatic rings. The number of carboxylic acid groups (broad SMARTS) is 1. The largest absolute Gasteiger partial charge is 0.494 e. The summed E-state index contributed by atoms with van der Waals surface area (Å²) in [6.07, 6.45) is 0. The van der Waals surface area contributed by atoms with E-state index in [1.165, 1.54) is 4.90 Å². The van der Waals surface area contributed by atoms with Crippen molar-refractivity contribution in [2.24, 2.45) is 11.8 Å².